The lowest BCUT2D eigenvalue weighted by atomic mass is 10.1. The summed E-state index contributed by atoms with van der Waals surface area (Å²) in [7, 11) is 1.67. The quantitative estimate of drug-likeness (QED) is 0.835. The predicted octanol–water partition coefficient (Wildman–Crippen LogP) is 3.94. The van der Waals surface area contributed by atoms with E-state index in [-0.39, 0.29) is 6.04 Å². The molecule has 0 aromatic heterocycles. The Morgan fingerprint density at radius 3 is 2.48 bits per heavy atom. The van der Waals surface area contributed by atoms with Crippen molar-refractivity contribution in [2.75, 3.05) is 13.7 Å². The minimum atomic E-state index is 0.284. The van der Waals surface area contributed by atoms with Crippen LogP contribution in [0.3, 0.4) is 0 Å². The molecule has 21 heavy (non-hydrogen) atoms. The van der Waals surface area contributed by atoms with Crippen molar-refractivity contribution in [3.8, 4) is 11.5 Å². The van der Waals surface area contributed by atoms with E-state index in [9.17, 15) is 0 Å². The van der Waals surface area contributed by atoms with Gasteiger partial charge in [-0.25, -0.2) is 0 Å². The number of hydrogen-bond donors (Lipinski definition) is 1. The molecule has 0 saturated carbocycles. The predicted molar refractivity (Wildman–Crippen MR) is 85.9 cm³/mol. The summed E-state index contributed by atoms with van der Waals surface area (Å²) in [4.78, 5) is 0. The van der Waals surface area contributed by atoms with Crippen LogP contribution in [0.15, 0.2) is 48.5 Å². The maximum atomic E-state index is 5.73. The van der Waals surface area contributed by atoms with Crippen molar-refractivity contribution in [1.29, 1.82) is 0 Å². The Hall–Kier alpha value is -2.00. The summed E-state index contributed by atoms with van der Waals surface area (Å²) in [6, 6.07) is 16.7. The molecule has 0 aliphatic heterocycles. The fourth-order valence-corrected chi connectivity index (χ4v) is 2.29. The number of para-hydroxylation sites is 1. The van der Waals surface area contributed by atoms with E-state index in [0.717, 1.165) is 23.6 Å². The van der Waals surface area contributed by atoms with Crippen LogP contribution in [0.4, 0.5) is 0 Å². The maximum absolute atomic E-state index is 5.73. The zero-order chi connectivity index (χ0) is 15.1. The molecule has 2 aromatic carbocycles. The molecule has 0 fully saturated rings. The summed E-state index contributed by atoms with van der Waals surface area (Å²) >= 11 is 0. The van der Waals surface area contributed by atoms with Crippen molar-refractivity contribution in [2.24, 2.45) is 0 Å². The lowest BCUT2D eigenvalue weighted by Gasteiger charge is -2.17. The first-order valence-corrected chi connectivity index (χ1v) is 7.33. The van der Waals surface area contributed by atoms with Gasteiger partial charge in [0, 0.05) is 18.2 Å². The van der Waals surface area contributed by atoms with Crippen molar-refractivity contribution in [3.05, 3.63) is 59.7 Å². The number of rotatable bonds is 7. The molecule has 2 rings (SSSR count). The van der Waals surface area contributed by atoms with Gasteiger partial charge in [0.2, 0.25) is 0 Å². The van der Waals surface area contributed by atoms with Crippen molar-refractivity contribution in [2.45, 2.75) is 26.4 Å². The molecule has 0 aliphatic carbocycles. The van der Waals surface area contributed by atoms with E-state index in [1.165, 1.54) is 5.56 Å². The van der Waals surface area contributed by atoms with Crippen LogP contribution in [0.25, 0.3) is 0 Å². The highest BCUT2D eigenvalue weighted by Gasteiger charge is 2.11. The largest absolute Gasteiger partial charge is 0.493 e. The second kappa shape index (κ2) is 7.70. The minimum absolute atomic E-state index is 0.284. The Bertz CT molecular complexity index is 554. The molecule has 0 spiro atoms. The van der Waals surface area contributed by atoms with E-state index in [1.54, 1.807) is 7.11 Å². The number of benzene rings is 2. The van der Waals surface area contributed by atoms with Gasteiger partial charge in [0.25, 0.3) is 0 Å². The number of nitrogens with one attached hydrogen (secondary N) is 1. The molecule has 0 unspecified atom stereocenters. The van der Waals surface area contributed by atoms with Crippen molar-refractivity contribution >= 4 is 0 Å². The highest BCUT2D eigenvalue weighted by atomic mass is 16.5. The average Bonchev–Trinajstić information content (AvgIpc) is 2.54. The second-order valence-electron chi connectivity index (χ2n) is 4.89. The summed E-state index contributed by atoms with van der Waals surface area (Å²) in [5.74, 6) is 1.61. The minimum Gasteiger partial charge on any atom is -0.493 e. The molecule has 0 radical (unpaired) electrons. The van der Waals surface area contributed by atoms with E-state index in [2.05, 4.69) is 42.6 Å². The standard InChI is InChI=1S/C18H23NO2/c1-4-21-18-16(11-8-12-17(18)20-3)13-19-14(2)15-9-6-5-7-10-15/h5-12,14,19H,4,13H2,1-3H3/t14-/m0/s1. The molecule has 1 N–H and O–H groups in total. The molecule has 3 nitrogen and oxygen atoms in total. The monoisotopic (exact) mass is 285 g/mol. The third-order valence-electron chi connectivity index (χ3n) is 3.47. The summed E-state index contributed by atoms with van der Waals surface area (Å²) < 4.78 is 11.1. The smallest absolute Gasteiger partial charge is 0.165 e. The Kier molecular flexibility index (Phi) is 5.64. The second-order valence-corrected chi connectivity index (χ2v) is 4.89. The van der Waals surface area contributed by atoms with E-state index < -0.39 is 0 Å². The molecule has 3 heteroatoms. The van der Waals surface area contributed by atoms with Gasteiger partial charge in [0.15, 0.2) is 11.5 Å². The molecule has 0 bridgehead atoms. The van der Waals surface area contributed by atoms with Crippen molar-refractivity contribution in [1.82, 2.24) is 5.32 Å². The van der Waals surface area contributed by atoms with E-state index in [4.69, 9.17) is 9.47 Å². The van der Waals surface area contributed by atoms with Gasteiger partial charge in [-0.05, 0) is 25.5 Å². The van der Waals surface area contributed by atoms with Gasteiger partial charge in [-0.15, -0.1) is 0 Å². The van der Waals surface area contributed by atoms with Crippen LogP contribution in [0, 0.1) is 0 Å². The summed E-state index contributed by atoms with van der Waals surface area (Å²) in [6.07, 6.45) is 0. The van der Waals surface area contributed by atoms with Crippen LogP contribution >= 0.6 is 0 Å². The Labute approximate surface area is 126 Å². The lowest BCUT2D eigenvalue weighted by Crippen LogP contribution is -2.18. The van der Waals surface area contributed by atoms with Gasteiger partial charge in [-0.2, -0.15) is 0 Å². The average molecular weight is 285 g/mol. The molecule has 0 amide bonds. The summed E-state index contributed by atoms with van der Waals surface area (Å²) in [5.41, 5.74) is 2.39. The van der Waals surface area contributed by atoms with E-state index >= 15 is 0 Å². The first kappa shape index (κ1) is 15.4. The van der Waals surface area contributed by atoms with Gasteiger partial charge in [-0.3, -0.25) is 0 Å². The Balaban J connectivity index is 2.09. The van der Waals surface area contributed by atoms with E-state index in [1.807, 2.05) is 25.1 Å². The fraction of sp³-hybridized carbons (Fsp3) is 0.333. The Morgan fingerprint density at radius 2 is 1.81 bits per heavy atom. The molecular formula is C18H23NO2. The first-order chi connectivity index (χ1) is 10.3. The molecule has 0 saturated heterocycles. The van der Waals surface area contributed by atoms with Crippen molar-refractivity contribution < 1.29 is 9.47 Å². The maximum Gasteiger partial charge on any atom is 0.165 e. The number of methoxy groups -OCH3 is 1. The molecular weight excluding hydrogens is 262 g/mol. The first-order valence-electron chi connectivity index (χ1n) is 7.33. The third-order valence-corrected chi connectivity index (χ3v) is 3.47. The van der Waals surface area contributed by atoms with Gasteiger partial charge in [-0.1, -0.05) is 42.5 Å². The van der Waals surface area contributed by atoms with Crippen LogP contribution in [-0.4, -0.2) is 13.7 Å². The molecule has 0 heterocycles. The summed E-state index contributed by atoms with van der Waals surface area (Å²) in [5, 5.41) is 3.53. The number of hydrogen-bond acceptors (Lipinski definition) is 3. The van der Waals surface area contributed by atoms with Crippen LogP contribution in [-0.2, 0) is 6.54 Å². The SMILES string of the molecule is CCOc1c(CN[C@@H](C)c2ccccc2)cccc1OC. The molecule has 2 aromatic rings. The highest BCUT2D eigenvalue weighted by molar-refractivity contribution is 5.46. The van der Waals surface area contributed by atoms with Gasteiger partial charge >= 0.3 is 0 Å². The van der Waals surface area contributed by atoms with Crippen LogP contribution < -0.4 is 14.8 Å². The fourth-order valence-electron chi connectivity index (χ4n) is 2.29. The molecule has 1 atom stereocenters. The lowest BCUT2D eigenvalue weighted by molar-refractivity contribution is 0.306. The topological polar surface area (TPSA) is 30.5 Å². The van der Waals surface area contributed by atoms with Crippen LogP contribution in [0.2, 0.25) is 0 Å². The Morgan fingerprint density at radius 1 is 1.05 bits per heavy atom. The number of ether oxygens (including phenoxy) is 2. The highest BCUT2D eigenvalue weighted by Crippen LogP contribution is 2.31. The van der Waals surface area contributed by atoms with Gasteiger partial charge < -0.3 is 14.8 Å². The van der Waals surface area contributed by atoms with E-state index in [0.29, 0.717) is 6.61 Å². The zero-order valence-corrected chi connectivity index (χ0v) is 12.9. The van der Waals surface area contributed by atoms with Crippen LogP contribution in [0.5, 0.6) is 11.5 Å². The van der Waals surface area contributed by atoms with Crippen molar-refractivity contribution in [3.63, 3.8) is 0 Å². The zero-order valence-electron chi connectivity index (χ0n) is 12.9. The van der Waals surface area contributed by atoms with Gasteiger partial charge in [0.05, 0.1) is 13.7 Å². The normalized spacial score (nSPS) is 12.0. The van der Waals surface area contributed by atoms with Crippen LogP contribution in [0.1, 0.15) is 31.0 Å². The molecule has 112 valence electrons. The molecule has 0 aliphatic rings. The third kappa shape index (κ3) is 3.99. The summed E-state index contributed by atoms with van der Waals surface area (Å²) in [6.45, 7) is 5.51. The van der Waals surface area contributed by atoms with Gasteiger partial charge in [0.1, 0.15) is 0 Å².